The van der Waals surface area contributed by atoms with E-state index in [1.54, 1.807) is 0 Å². The number of nitrogens with two attached hydrogens (primary N) is 2. The lowest BCUT2D eigenvalue weighted by atomic mass is 9.97. The van der Waals surface area contributed by atoms with Gasteiger partial charge in [0.25, 0.3) is 0 Å². The maximum absolute atomic E-state index is 11.4. The smallest absolute Gasteiger partial charge is 0.222 e. The normalized spacial score (nSPS) is 19.7. The molecular formula is C13H23N5O. The van der Waals surface area contributed by atoms with Crippen LogP contribution in [0.2, 0.25) is 0 Å². The molecule has 6 heteroatoms. The average Bonchev–Trinajstić information content (AvgIpc) is 2.65. The Labute approximate surface area is 113 Å². The van der Waals surface area contributed by atoms with Crippen molar-refractivity contribution >= 4 is 17.4 Å². The van der Waals surface area contributed by atoms with Crippen molar-refractivity contribution in [1.82, 2.24) is 9.78 Å². The number of hydrogen-bond acceptors (Lipinski definition) is 4. The second kappa shape index (κ2) is 5.50. The topological polar surface area (TPSA) is 90.2 Å². The summed E-state index contributed by atoms with van der Waals surface area (Å²) in [4.78, 5) is 13.5. The number of nitrogen functional groups attached to an aromatic ring is 1. The van der Waals surface area contributed by atoms with Gasteiger partial charge in [0.05, 0.1) is 17.3 Å². The van der Waals surface area contributed by atoms with Crippen molar-refractivity contribution in [3.8, 4) is 0 Å². The molecule has 1 aliphatic rings. The van der Waals surface area contributed by atoms with Gasteiger partial charge in [-0.1, -0.05) is 13.3 Å². The quantitative estimate of drug-likeness (QED) is 0.836. The van der Waals surface area contributed by atoms with Gasteiger partial charge < -0.3 is 16.4 Å². The monoisotopic (exact) mass is 265 g/mol. The summed E-state index contributed by atoms with van der Waals surface area (Å²) in [5.74, 6) is 0.617. The number of aromatic nitrogens is 2. The van der Waals surface area contributed by atoms with Gasteiger partial charge >= 0.3 is 0 Å². The first-order chi connectivity index (χ1) is 9.04. The molecule has 1 aliphatic heterocycles. The molecule has 4 N–H and O–H groups in total. The zero-order valence-electron chi connectivity index (χ0n) is 11.7. The lowest BCUT2D eigenvalue weighted by Gasteiger charge is -2.32. The van der Waals surface area contributed by atoms with E-state index in [1.165, 1.54) is 0 Å². The van der Waals surface area contributed by atoms with Crippen LogP contribution < -0.4 is 16.4 Å². The van der Waals surface area contributed by atoms with Gasteiger partial charge in [0.1, 0.15) is 5.82 Å². The van der Waals surface area contributed by atoms with Crippen LogP contribution in [0.3, 0.4) is 0 Å². The van der Waals surface area contributed by atoms with Crippen LogP contribution in [0.25, 0.3) is 0 Å². The highest BCUT2D eigenvalue weighted by Crippen LogP contribution is 2.30. The molecule has 1 aromatic rings. The SMILES string of the molecule is CCCc1nn(C)c(N2CCCC(C(N)=O)C2)c1N. The minimum Gasteiger partial charge on any atom is -0.394 e. The molecule has 2 heterocycles. The lowest BCUT2D eigenvalue weighted by Crippen LogP contribution is -2.42. The molecule has 1 atom stereocenters. The number of carbonyl (C=O) groups is 1. The van der Waals surface area contributed by atoms with Crippen molar-refractivity contribution in [2.75, 3.05) is 23.7 Å². The molecule has 106 valence electrons. The Morgan fingerprint density at radius 2 is 2.26 bits per heavy atom. The molecule has 1 fully saturated rings. The zero-order chi connectivity index (χ0) is 14.0. The van der Waals surface area contributed by atoms with Gasteiger partial charge in [-0.15, -0.1) is 0 Å². The van der Waals surface area contributed by atoms with Crippen LogP contribution >= 0.6 is 0 Å². The molecule has 0 radical (unpaired) electrons. The van der Waals surface area contributed by atoms with Crippen molar-refractivity contribution in [2.24, 2.45) is 18.7 Å². The Bertz CT molecular complexity index is 468. The summed E-state index contributed by atoms with van der Waals surface area (Å²) in [5, 5.41) is 4.48. The molecule has 1 amide bonds. The van der Waals surface area contributed by atoms with Gasteiger partial charge in [0, 0.05) is 20.1 Å². The summed E-state index contributed by atoms with van der Waals surface area (Å²) < 4.78 is 1.82. The number of aryl methyl sites for hydroxylation is 2. The van der Waals surface area contributed by atoms with Crippen LogP contribution in [-0.4, -0.2) is 28.8 Å². The van der Waals surface area contributed by atoms with E-state index in [-0.39, 0.29) is 11.8 Å². The number of hydrogen-bond donors (Lipinski definition) is 2. The summed E-state index contributed by atoms with van der Waals surface area (Å²) in [5.41, 5.74) is 13.3. The Morgan fingerprint density at radius 3 is 2.89 bits per heavy atom. The summed E-state index contributed by atoms with van der Waals surface area (Å²) in [6, 6.07) is 0. The molecule has 19 heavy (non-hydrogen) atoms. The standard InChI is InChI=1S/C13H23N5O/c1-3-5-10-11(14)13(17(2)16-10)18-7-4-6-9(8-18)12(15)19/h9H,3-8,14H2,1-2H3,(H2,15,19). The van der Waals surface area contributed by atoms with E-state index >= 15 is 0 Å². The second-order valence-corrected chi connectivity index (χ2v) is 5.25. The lowest BCUT2D eigenvalue weighted by molar-refractivity contribution is -0.122. The van der Waals surface area contributed by atoms with E-state index in [4.69, 9.17) is 11.5 Å². The molecule has 0 aliphatic carbocycles. The van der Waals surface area contributed by atoms with Crippen molar-refractivity contribution in [1.29, 1.82) is 0 Å². The number of anilines is 2. The molecule has 0 aromatic carbocycles. The Kier molecular flexibility index (Phi) is 3.97. The van der Waals surface area contributed by atoms with Gasteiger partial charge in [-0.25, -0.2) is 0 Å². The molecule has 6 nitrogen and oxygen atoms in total. The first-order valence-corrected chi connectivity index (χ1v) is 6.90. The third-order valence-electron chi connectivity index (χ3n) is 3.74. The first kappa shape index (κ1) is 13.7. The largest absolute Gasteiger partial charge is 0.394 e. The molecule has 1 saturated heterocycles. The second-order valence-electron chi connectivity index (χ2n) is 5.25. The fourth-order valence-corrected chi connectivity index (χ4v) is 2.78. The fourth-order valence-electron chi connectivity index (χ4n) is 2.78. The molecule has 1 aromatic heterocycles. The highest BCUT2D eigenvalue weighted by atomic mass is 16.1. The molecular weight excluding hydrogens is 242 g/mol. The number of piperidine rings is 1. The third kappa shape index (κ3) is 2.67. The minimum atomic E-state index is -0.223. The van der Waals surface area contributed by atoms with Crippen molar-refractivity contribution in [3.63, 3.8) is 0 Å². The highest BCUT2D eigenvalue weighted by Gasteiger charge is 2.27. The van der Waals surface area contributed by atoms with Crippen LogP contribution in [-0.2, 0) is 18.3 Å². The molecule has 0 saturated carbocycles. The maximum atomic E-state index is 11.4. The first-order valence-electron chi connectivity index (χ1n) is 6.90. The number of amides is 1. The fraction of sp³-hybridized carbons (Fsp3) is 0.692. The Morgan fingerprint density at radius 1 is 1.53 bits per heavy atom. The van der Waals surface area contributed by atoms with E-state index in [2.05, 4.69) is 16.9 Å². The van der Waals surface area contributed by atoms with Crippen LogP contribution in [0, 0.1) is 5.92 Å². The van der Waals surface area contributed by atoms with Crippen LogP contribution in [0.1, 0.15) is 31.9 Å². The van der Waals surface area contributed by atoms with Crippen LogP contribution in [0.15, 0.2) is 0 Å². The third-order valence-corrected chi connectivity index (χ3v) is 3.74. The highest BCUT2D eigenvalue weighted by molar-refractivity contribution is 5.78. The molecule has 1 unspecified atom stereocenters. The van der Waals surface area contributed by atoms with Crippen LogP contribution in [0.5, 0.6) is 0 Å². The van der Waals surface area contributed by atoms with E-state index in [0.717, 1.165) is 49.4 Å². The summed E-state index contributed by atoms with van der Waals surface area (Å²) in [6.07, 6.45) is 3.73. The Balaban J connectivity index is 2.23. The van der Waals surface area contributed by atoms with E-state index < -0.39 is 0 Å². The number of rotatable bonds is 4. The van der Waals surface area contributed by atoms with E-state index in [0.29, 0.717) is 6.54 Å². The zero-order valence-corrected chi connectivity index (χ0v) is 11.7. The average molecular weight is 265 g/mol. The number of primary amides is 1. The Hall–Kier alpha value is -1.72. The summed E-state index contributed by atoms with van der Waals surface area (Å²) >= 11 is 0. The van der Waals surface area contributed by atoms with Crippen molar-refractivity contribution in [2.45, 2.75) is 32.6 Å². The van der Waals surface area contributed by atoms with Gasteiger partial charge in [-0.05, 0) is 19.3 Å². The van der Waals surface area contributed by atoms with Gasteiger partial charge in [-0.3, -0.25) is 9.48 Å². The van der Waals surface area contributed by atoms with Gasteiger partial charge in [0.2, 0.25) is 5.91 Å². The van der Waals surface area contributed by atoms with Crippen LogP contribution in [0.4, 0.5) is 11.5 Å². The predicted octanol–water partition coefficient (Wildman–Crippen LogP) is 0.657. The molecule has 0 spiro atoms. The van der Waals surface area contributed by atoms with E-state index in [1.807, 2.05) is 11.7 Å². The van der Waals surface area contributed by atoms with Gasteiger partial charge in [-0.2, -0.15) is 5.10 Å². The summed E-state index contributed by atoms with van der Waals surface area (Å²) in [6.45, 7) is 3.65. The number of carbonyl (C=O) groups excluding carboxylic acids is 1. The van der Waals surface area contributed by atoms with E-state index in [9.17, 15) is 4.79 Å². The van der Waals surface area contributed by atoms with Gasteiger partial charge in [0.15, 0.2) is 0 Å². The summed E-state index contributed by atoms with van der Waals surface area (Å²) in [7, 11) is 1.90. The number of nitrogens with zero attached hydrogens (tertiary/aromatic N) is 3. The van der Waals surface area contributed by atoms with Crippen molar-refractivity contribution < 1.29 is 4.79 Å². The van der Waals surface area contributed by atoms with Crippen molar-refractivity contribution in [3.05, 3.63) is 5.69 Å². The maximum Gasteiger partial charge on any atom is 0.222 e. The predicted molar refractivity (Wildman–Crippen MR) is 75.7 cm³/mol. The molecule has 2 rings (SSSR count). The minimum absolute atomic E-state index is 0.0855. The molecule has 0 bridgehead atoms.